The average Bonchev–Trinajstić information content (AvgIpc) is 2.40. The maximum Gasteiger partial charge on any atom is 0.123 e. The predicted octanol–water partition coefficient (Wildman–Crippen LogP) is 2.70. The van der Waals surface area contributed by atoms with E-state index in [-0.39, 0.29) is 18.5 Å². The van der Waals surface area contributed by atoms with Gasteiger partial charge in [0, 0.05) is 25.3 Å². The molecule has 1 aliphatic heterocycles. The molecular formula is C14H20F2N2. The largest absolute Gasteiger partial charge is 0.369 e. The highest BCUT2D eigenvalue weighted by Crippen LogP contribution is 2.20. The van der Waals surface area contributed by atoms with Crippen molar-refractivity contribution in [3.63, 3.8) is 0 Å². The Balaban J connectivity index is 2.02. The monoisotopic (exact) mass is 254 g/mol. The number of nitrogens with zero attached hydrogens (tertiary/aromatic N) is 2. The van der Waals surface area contributed by atoms with Gasteiger partial charge in [0.15, 0.2) is 0 Å². The Kier molecular flexibility index (Phi) is 4.53. The summed E-state index contributed by atoms with van der Waals surface area (Å²) in [7, 11) is 0. The maximum absolute atomic E-state index is 13.1. The Hall–Kier alpha value is -1.16. The van der Waals surface area contributed by atoms with E-state index in [0.717, 1.165) is 31.7 Å². The van der Waals surface area contributed by atoms with E-state index in [4.69, 9.17) is 0 Å². The second-order valence-corrected chi connectivity index (χ2v) is 4.77. The molecule has 2 rings (SSSR count). The van der Waals surface area contributed by atoms with Crippen molar-refractivity contribution in [2.75, 3.05) is 37.8 Å². The number of hydrogen-bond donors (Lipinski definition) is 0. The summed E-state index contributed by atoms with van der Waals surface area (Å²) in [6.07, 6.45) is 1.05. The van der Waals surface area contributed by atoms with Crippen molar-refractivity contribution in [1.29, 1.82) is 0 Å². The molecule has 1 fully saturated rings. The summed E-state index contributed by atoms with van der Waals surface area (Å²) in [5.41, 5.74) is 0.978. The van der Waals surface area contributed by atoms with Crippen molar-refractivity contribution in [1.82, 2.24) is 4.90 Å². The Bertz CT molecular complexity index is 367. The number of rotatable bonds is 4. The summed E-state index contributed by atoms with van der Waals surface area (Å²) in [4.78, 5) is 4.34. The molecule has 4 heteroatoms. The first-order valence-electron chi connectivity index (χ1n) is 6.55. The summed E-state index contributed by atoms with van der Waals surface area (Å²) in [5, 5.41) is 0. The van der Waals surface area contributed by atoms with Crippen molar-refractivity contribution in [3.8, 4) is 0 Å². The van der Waals surface area contributed by atoms with Gasteiger partial charge in [0.1, 0.15) is 12.5 Å². The zero-order chi connectivity index (χ0) is 13.0. The molecule has 1 atom stereocenters. The molecule has 1 saturated heterocycles. The topological polar surface area (TPSA) is 6.48 Å². The Morgan fingerprint density at radius 2 is 1.94 bits per heavy atom. The lowest BCUT2D eigenvalue weighted by molar-refractivity contribution is 0.149. The van der Waals surface area contributed by atoms with E-state index < -0.39 is 0 Å². The maximum atomic E-state index is 13.1. The molecular weight excluding hydrogens is 234 g/mol. The van der Waals surface area contributed by atoms with Gasteiger partial charge < -0.3 is 4.90 Å². The van der Waals surface area contributed by atoms with Crippen LogP contribution in [0.5, 0.6) is 0 Å². The molecule has 0 aliphatic carbocycles. The van der Waals surface area contributed by atoms with Gasteiger partial charge in [-0.15, -0.1) is 0 Å². The van der Waals surface area contributed by atoms with E-state index in [9.17, 15) is 8.78 Å². The minimum atomic E-state index is -0.322. The average molecular weight is 254 g/mol. The van der Waals surface area contributed by atoms with Gasteiger partial charge in [-0.3, -0.25) is 4.90 Å². The molecule has 1 aromatic carbocycles. The minimum absolute atomic E-state index is 0.0382. The molecule has 0 amide bonds. The van der Waals surface area contributed by atoms with Gasteiger partial charge in [0.2, 0.25) is 0 Å². The van der Waals surface area contributed by atoms with E-state index in [1.54, 1.807) is 12.1 Å². The van der Waals surface area contributed by atoms with Crippen molar-refractivity contribution >= 4 is 5.69 Å². The third-order valence-corrected chi connectivity index (χ3v) is 3.49. The lowest BCUT2D eigenvalue weighted by atomic mass is 10.1. The lowest BCUT2D eigenvalue weighted by Crippen LogP contribution is -2.54. The third-order valence-electron chi connectivity index (χ3n) is 3.49. The molecule has 1 unspecified atom stereocenters. The Morgan fingerprint density at radius 3 is 2.56 bits per heavy atom. The molecule has 100 valence electrons. The van der Waals surface area contributed by atoms with E-state index in [1.165, 1.54) is 12.1 Å². The smallest absolute Gasteiger partial charge is 0.123 e. The van der Waals surface area contributed by atoms with Crippen molar-refractivity contribution in [2.45, 2.75) is 19.4 Å². The van der Waals surface area contributed by atoms with Gasteiger partial charge in [0.05, 0.1) is 6.04 Å². The fourth-order valence-electron chi connectivity index (χ4n) is 2.51. The zero-order valence-corrected chi connectivity index (χ0v) is 10.8. The van der Waals surface area contributed by atoms with Crippen LogP contribution in [0.2, 0.25) is 0 Å². The van der Waals surface area contributed by atoms with Gasteiger partial charge in [-0.05, 0) is 37.2 Å². The molecule has 1 aromatic rings. The summed E-state index contributed by atoms with van der Waals surface area (Å²) in [6, 6.07) is 6.40. The van der Waals surface area contributed by atoms with Gasteiger partial charge in [-0.1, -0.05) is 6.92 Å². The van der Waals surface area contributed by atoms with Crippen LogP contribution in [0.15, 0.2) is 24.3 Å². The quantitative estimate of drug-likeness (QED) is 0.815. The third kappa shape index (κ3) is 2.99. The number of halogens is 2. The molecule has 0 bridgehead atoms. The fraction of sp³-hybridized carbons (Fsp3) is 0.571. The minimum Gasteiger partial charge on any atom is -0.369 e. The van der Waals surface area contributed by atoms with Crippen LogP contribution in [0.4, 0.5) is 14.5 Å². The molecule has 0 N–H and O–H groups in total. The van der Waals surface area contributed by atoms with Crippen LogP contribution < -0.4 is 4.90 Å². The first-order valence-corrected chi connectivity index (χ1v) is 6.55. The summed E-state index contributed by atoms with van der Waals surface area (Å²) in [5.74, 6) is -0.231. The van der Waals surface area contributed by atoms with Crippen LogP contribution >= 0.6 is 0 Å². The van der Waals surface area contributed by atoms with Crippen LogP contribution in [-0.4, -0.2) is 43.8 Å². The highest BCUT2D eigenvalue weighted by atomic mass is 19.1. The molecule has 1 aliphatic rings. The van der Waals surface area contributed by atoms with E-state index in [0.29, 0.717) is 6.54 Å². The Labute approximate surface area is 107 Å². The van der Waals surface area contributed by atoms with Crippen LogP contribution in [0.3, 0.4) is 0 Å². The summed E-state index contributed by atoms with van der Waals surface area (Å²) >= 11 is 0. The normalized spacial score (nSPS) is 21.3. The second kappa shape index (κ2) is 6.14. The zero-order valence-electron chi connectivity index (χ0n) is 10.8. The van der Waals surface area contributed by atoms with Crippen LogP contribution in [-0.2, 0) is 0 Å². The van der Waals surface area contributed by atoms with Gasteiger partial charge in [0.25, 0.3) is 0 Å². The molecule has 0 radical (unpaired) electrons. The molecule has 0 spiro atoms. The van der Waals surface area contributed by atoms with E-state index in [1.807, 2.05) is 0 Å². The molecule has 1 heterocycles. The van der Waals surface area contributed by atoms with Gasteiger partial charge in [-0.25, -0.2) is 8.78 Å². The van der Waals surface area contributed by atoms with Crippen molar-refractivity contribution < 1.29 is 8.78 Å². The number of hydrogen-bond acceptors (Lipinski definition) is 2. The van der Waals surface area contributed by atoms with Gasteiger partial charge >= 0.3 is 0 Å². The first kappa shape index (κ1) is 13.3. The van der Waals surface area contributed by atoms with Crippen LogP contribution in [0.1, 0.15) is 13.3 Å². The molecule has 0 aromatic heterocycles. The van der Waals surface area contributed by atoms with E-state index >= 15 is 0 Å². The molecule has 18 heavy (non-hydrogen) atoms. The number of anilines is 1. The van der Waals surface area contributed by atoms with Crippen LogP contribution in [0.25, 0.3) is 0 Å². The summed E-state index contributed by atoms with van der Waals surface area (Å²) < 4.78 is 25.9. The highest BCUT2D eigenvalue weighted by Gasteiger charge is 2.26. The van der Waals surface area contributed by atoms with E-state index in [2.05, 4.69) is 16.7 Å². The first-order chi connectivity index (χ1) is 8.74. The van der Waals surface area contributed by atoms with Crippen molar-refractivity contribution in [3.05, 3.63) is 30.1 Å². The highest BCUT2D eigenvalue weighted by molar-refractivity contribution is 5.47. The molecule has 2 nitrogen and oxygen atoms in total. The summed E-state index contributed by atoms with van der Waals surface area (Å²) in [6.45, 7) is 5.18. The van der Waals surface area contributed by atoms with Crippen LogP contribution in [0, 0.1) is 5.82 Å². The predicted molar refractivity (Wildman–Crippen MR) is 70.2 cm³/mol. The van der Waals surface area contributed by atoms with Crippen molar-refractivity contribution in [2.24, 2.45) is 0 Å². The molecule has 0 saturated carbocycles. The number of benzene rings is 1. The SMILES string of the molecule is CCCN1CCN(c2ccc(F)cc2)CC1CF. The number of piperazine rings is 1. The standard InChI is InChI=1S/C14H20F2N2/c1-2-7-17-8-9-18(11-14(17)10-15)13-5-3-12(16)4-6-13/h3-6,14H,2,7-11H2,1H3. The lowest BCUT2D eigenvalue weighted by Gasteiger charge is -2.41. The van der Waals surface area contributed by atoms with Gasteiger partial charge in [-0.2, -0.15) is 0 Å². The Morgan fingerprint density at radius 1 is 1.22 bits per heavy atom. The number of alkyl halides is 1. The fourth-order valence-corrected chi connectivity index (χ4v) is 2.51. The second-order valence-electron chi connectivity index (χ2n) is 4.77.